The van der Waals surface area contributed by atoms with E-state index in [1.807, 2.05) is 12.1 Å². The molecule has 3 atom stereocenters. The van der Waals surface area contributed by atoms with E-state index in [2.05, 4.69) is 41.1 Å². The summed E-state index contributed by atoms with van der Waals surface area (Å²) in [5.41, 5.74) is 1.21. The quantitative estimate of drug-likeness (QED) is 0.400. The Bertz CT molecular complexity index is 734. The van der Waals surface area contributed by atoms with E-state index < -0.39 is 0 Å². The summed E-state index contributed by atoms with van der Waals surface area (Å²) in [4.78, 5) is 21.7. The molecule has 0 aromatic heterocycles. The minimum absolute atomic E-state index is 0.120. The first-order valence-electron chi connectivity index (χ1n) is 11.1. The van der Waals surface area contributed by atoms with Gasteiger partial charge in [-0.05, 0) is 30.5 Å². The Hall–Kier alpha value is -2.32. The number of guanidine groups is 1. The van der Waals surface area contributed by atoms with Crippen molar-refractivity contribution < 1.29 is 19.0 Å². The lowest BCUT2D eigenvalue weighted by molar-refractivity contribution is -0.145. The molecule has 2 aliphatic heterocycles. The van der Waals surface area contributed by atoms with Crippen molar-refractivity contribution in [3.05, 3.63) is 29.8 Å². The van der Waals surface area contributed by atoms with Crippen LogP contribution in [0.4, 0.5) is 0 Å². The van der Waals surface area contributed by atoms with Crippen LogP contribution in [0.1, 0.15) is 25.5 Å². The highest BCUT2D eigenvalue weighted by Crippen LogP contribution is 2.26. The smallest absolute Gasteiger partial charge is 0.310 e. The maximum Gasteiger partial charge on any atom is 0.310 e. The third kappa shape index (κ3) is 5.89. The predicted octanol–water partition coefficient (Wildman–Crippen LogP) is 1.77. The monoisotopic (exact) mass is 432 g/mol. The lowest BCUT2D eigenvalue weighted by Gasteiger charge is -2.34. The second-order valence-electron chi connectivity index (χ2n) is 8.14. The summed E-state index contributed by atoms with van der Waals surface area (Å²) in [7, 11) is 3.14. The molecule has 8 nitrogen and oxygen atoms in total. The number of methoxy groups -OCH3 is 2. The lowest BCUT2D eigenvalue weighted by Crippen LogP contribution is -2.43. The van der Waals surface area contributed by atoms with Gasteiger partial charge in [0.15, 0.2) is 5.96 Å². The summed E-state index contributed by atoms with van der Waals surface area (Å²) < 4.78 is 15.9. The highest BCUT2D eigenvalue weighted by atomic mass is 16.5. The third-order valence-electron chi connectivity index (χ3n) is 6.15. The highest BCUT2D eigenvalue weighted by molar-refractivity contribution is 5.82. The van der Waals surface area contributed by atoms with Crippen molar-refractivity contribution in [1.82, 2.24) is 15.1 Å². The third-order valence-corrected chi connectivity index (χ3v) is 6.15. The number of morpholine rings is 1. The van der Waals surface area contributed by atoms with Gasteiger partial charge in [-0.15, -0.1) is 0 Å². The minimum Gasteiger partial charge on any atom is -0.497 e. The molecule has 2 heterocycles. The van der Waals surface area contributed by atoms with Gasteiger partial charge in [0.05, 0.1) is 45.9 Å². The summed E-state index contributed by atoms with van der Waals surface area (Å²) in [5, 5.41) is 3.41. The molecule has 1 N–H and O–H groups in total. The standard InChI is InChI=1S/C23H36N4O4/c1-5-24-23(27-15-17(2)20(16-27)22(28)30-4)25-14-21(26-10-12-31-13-11-26)18-6-8-19(29-3)9-7-18/h6-9,17,20-21H,5,10-16H2,1-4H3,(H,24,25). The van der Waals surface area contributed by atoms with Crippen molar-refractivity contribution >= 4 is 11.9 Å². The van der Waals surface area contributed by atoms with Crippen LogP contribution in [0.5, 0.6) is 5.75 Å². The van der Waals surface area contributed by atoms with E-state index in [1.54, 1.807) is 7.11 Å². The van der Waals surface area contributed by atoms with E-state index in [9.17, 15) is 4.79 Å². The van der Waals surface area contributed by atoms with Crippen LogP contribution in [-0.4, -0.2) is 88.4 Å². The van der Waals surface area contributed by atoms with E-state index in [0.29, 0.717) is 13.1 Å². The summed E-state index contributed by atoms with van der Waals surface area (Å²) in [6, 6.07) is 8.39. The van der Waals surface area contributed by atoms with Gasteiger partial charge in [-0.25, -0.2) is 0 Å². The molecule has 8 heteroatoms. The van der Waals surface area contributed by atoms with Gasteiger partial charge in [-0.2, -0.15) is 0 Å². The first-order valence-corrected chi connectivity index (χ1v) is 11.1. The fourth-order valence-corrected chi connectivity index (χ4v) is 4.34. The number of nitrogens with one attached hydrogen (secondary N) is 1. The highest BCUT2D eigenvalue weighted by Gasteiger charge is 2.37. The van der Waals surface area contributed by atoms with Gasteiger partial charge in [0.2, 0.25) is 0 Å². The Morgan fingerprint density at radius 3 is 2.55 bits per heavy atom. The number of aliphatic imine (C=N–C) groups is 1. The molecule has 0 bridgehead atoms. The molecule has 3 rings (SSSR count). The largest absolute Gasteiger partial charge is 0.497 e. The molecule has 3 unspecified atom stereocenters. The maximum atomic E-state index is 12.1. The topological polar surface area (TPSA) is 75.6 Å². The van der Waals surface area contributed by atoms with Crippen LogP contribution in [0, 0.1) is 11.8 Å². The van der Waals surface area contributed by atoms with Gasteiger partial charge >= 0.3 is 5.97 Å². The molecule has 2 fully saturated rings. The number of esters is 1. The number of rotatable bonds is 7. The number of benzene rings is 1. The van der Waals surface area contributed by atoms with Crippen LogP contribution in [0.25, 0.3) is 0 Å². The van der Waals surface area contributed by atoms with Crippen molar-refractivity contribution in [2.75, 3.05) is 66.7 Å². The molecule has 2 saturated heterocycles. The zero-order chi connectivity index (χ0) is 22.2. The van der Waals surface area contributed by atoms with Crippen LogP contribution in [0.2, 0.25) is 0 Å². The van der Waals surface area contributed by atoms with Gasteiger partial charge in [-0.3, -0.25) is 14.7 Å². The molecular weight excluding hydrogens is 396 g/mol. The fourth-order valence-electron chi connectivity index (χ4n) is 4.34. The van der Waals surface area contributed by atoms with Gasteiger partial charge in [-0.1, -0.05) is 19.1 Å². The van der Waals surface area contributed by atoms with E-state index in [4.69, 9.17) is 19.2 Å². The lowest BCUT2D eigenvalue weighted by atomic mass is 9.99. The van der Waals surface area contributed by atoms with Crippen molar-refractivity contribution in [2.45, 2.75) is 19.9 Å². The molecule has 0 amide bonds. The number of likely N-dealkylation sites (tertiary alicyclic amines) is 1. The van der Waals surface area contributed by atoms with E-state index in [1.165, 1.54) is 12.7 Å². The molecule has 1 aromatic carbocycles. The van der Waals surface area contributed by atoms with Crippen LogP contribution in [0.15, 0.2) is 29.3 Å². The summed E-state index contributed by atoms with van der Waals surface area (Å²) in [5.74, 6) is 1.67. The first-order chi connectivity index (χ1) is 15.1. The van der Waals surface area contributed by atoms with Crippen molar-refractivity contribution in [3.8, 4) is 5.75 Å². The predicted molar refractivity (Wildman–Crippen MR) is 120 cm³/mol. The molecule has 1 aromatic rings. The molecule has 0 radical (unpaired) electrons. The molecule has 31 heavy (non-hydrogen) atoms. The van der Waals surface area contributed by atoms with E-state index >= 15 is 0 Å². The van der Waals surface area contributed by atoms with Crippen LogP contribution >= 0.6 is 0 Å². The molecule has 2 aliphatic rings. The van der Waals surface area contributed by atoms with Gasteiger partial charge in [0.25, 0.3) is 0 Å². The number of hydrogen-bond donors (Lipinski definition) is 1. The fraction of sp³-hybridized carbons (Fsp3) is 0.652. The van der Waals surface area contributed by atoms with E-state index in [0.717, 1.165) is 51.1 Å². The van der Waals surface area contributed by atoms with Gasteiger partial charge in [0, 0.05) is 32.7 Å². The number of hydrogen-bond acceptors (Lipinski definition) is 6. The Labute approximate surface area is 185 Å². The SMILES string of the molecule is CCNC(=NCC(c1ccc(OC)cc1)N1CCOCC1)N1CC(C)C(C(=O)OC)C1. The molecule has 0 saturated carbocycles. The number of ether oxygens (including phenoxy) is 3. The number of nitrogens with zero attached hydrogens (tertiary/aromatic N) is 3. The zero-order valence-electron chi connectivity index (χ0n) is 19.2. The Kier molecular flexibility index (Phi) is 8.54. The maximum absolute atomic E-state index is 12.1. The molecule has 0 aliphatic carbocycles. The average molecular weight is 433 g/mol. The first kappa shape index (κ1) is 23.3. The van der Waals surface area contributed by atoms with E-state index in [-0.39, 0.29) is 23.8 Å². The van der Waals surface area contributed by atoms with Gasteiger partial charge in [0.1, 0.15) is 5.75 Å². The normalized spacial score (nSPS) is 23.5. The Balaban J connectivity index is 1.79. The Morgan fingerprint density at radius 1 is 1.23 bits per heavy atom. The Morgan fingerprint density at radius 2 is 1.94 bits per heavy atom. The van der Waals surface area contributed by atoms with Crippen molar-refractivity contribution in [3.63, 3.8) is 0 Å². The molecule has 0 spiro atoms. The summed E-state index contributed by atoms with van der Waals surface area (Å²) >= 11 is 0. The molecule has 172 valence electrons. The van der Waals surface area contributed by atoms with Crippen LogP contribution in [-0.2, 0) is 14.3 Å². The number of carbonyl (C=O) groups excluding carboxylic acids is 1. The average Bonchev–Trinajstić information content (AvgIpc) is 3.20. The van der Waals surface area contributed by atoms with Gasteiger partial charge < -0.3 is 24.4 Å². The number of carbonyl (C=O) groups is 1. The van der Waals surface area contributed by atoms with Crippen molar-refractivity contribution in [2.24, 2.45) is 16.8 Å². The van der Waals surface area contributed by atoms with Crippen LogP contribution < -0.4 is 10.1 Å². The van der Waals surface area contributed by atoms with Crippen LogP contribution in [0.3, 0.4) is 0 Å². The summed E-state index contributed by atoms with van der Waals surface area (Å²) in [6.07, 6.45) is 0. The minimum atomic E-state index is -0.143. The second kappa shape index (κ2) is 11.3. The molecular formula is C23H36N4O4. The zero-order valence-corrected chi connectivity index (χ0v) is 19.2. The van der Waals surface area contributed by atoms with Crippen molar-refractivity contribution in [1.29, 1.82) is 0 Å². The summed E-state index contributed by atoms with van der Waals surface area (Å²) in [6.45, 7) is 10.2. The second-order valence-corrected chi connectivity index (χ2v) is 8.14.